The molecule has 2 rings (SSSR count). The van der Waals surface area contributed by atoms with E-state index in [0.717, 1.165) is 12.8 Å². The number of aromatic nitrogens is 1. The van der Waals surface area contributed by atoms with Gasteiger partial charge in [-0.1, -0.05) is 13.3 Å². The summed E-state index contributed by atoms with van der Waals surface area (Å²) in [5, 5.41) is 2.99. The Labute approximate surface area is 121 Å². The third-order valence-electron chi connectivity index (χ3n) is 3.77. The van der Waals surface area contributed by atoms with E-state index in [0.29, 0.717) is 30.7 Å². The standard InChI is InChI=1S/C14H23N3O2S/c1-3-15-14-13(5-4-8-16-14)20(18,19)17-10-12-7-6-11(2)9-12/h4-5,8,11-12,17H,3,6-7,9-10H2,1-2H3,(H,15,16). The quantitative estimate of drug-likeness (QED) is 0.844. The minimum Gasteiger partial charge on any atom is -0.369 e. The van der Waals surface area contributed by atoms with Crippen molar-refractivity contribution in [1.29, 1.82) is 0 Å². The van der Waals surface area contributed by atoms with Gasteiger partial charge in [-0.25, -0.2) is 18.1 Å². The number of hydrogen-bond donors (Lipinski definition) is 2. The molecule has 2 unspecified atom stereocenters. The zero-order valence-corrected chi connectivity index (χ0v) is 12.9. The van der Waals surface area contributed by atoms with Crippen LogP contribution in [0.3, 0.4) is 0 Å². The lowest BCUT2D eigenvalue weighted by molar-refractivity contribution is 0.498. The zero-order valence-electron chi connectivity index (χ0n) is 12.1. The average molecular weight is 297 g/mol. The van der Waals surface area contributed by atoms with Crippen molar-refractivity contribution >= 4 is 15.8 Å². The number of hydrogen-bond acceptors (Lipinski definition) is 4. The van der Waals surface area contributed by atoms with Gasteiger partial charge in [0.05, 0.1) is 0 Å². The first kappa shape index (κ1) is 15.3. The molecule has 1 aromatic rings. The lowest BCUT2D eigenvalue weighted by Crippen LogP contribution is -2.29. The molecule has 2 N–H and O–H groups in total. The Hall–Kier alpha value is -1.14. The van der Waals surface area contributed by atoms with Crippen LogP contribution in [0.15, 0.2) is 23.2 Å². The van der Waals surface area contributed by atoms with Crippen LogP contribution in [0.2, 0.25) is 0 Å². The molecular formula is C14H23N3O2S. The molecule has 0 spiro atoms. The van der Waals surface area contributed by atoms with Crippen LogP contribution in [0.25, 0.3) is 0 Å². The van der Waals surface area contributed by atoms with E-state index in [2.05, 4.69) is 21.9 Å². The van der Waals surface area contributed by atoms with Gasteiger partial charge in [-0.2, -0.15) is 0 Å². The van der Waals surface area contributed by atoms with Crippen molar-refractivity contribution in [3.63, 3.8) is 0 Å². The lowest BCUT2D eigenvalue weighted by atomic mass is 10.1. The molecule has 1 heterocycles. The van der Waals surface area contributed by atoms with Crippen LogP contribution in [0.4, 0.5) is 5.82 Å². The zero-order chi connectivity index (χ0) is 14.6. The first-order valence-electron chi connectivity index (χ1n) is 7.21. The highest BCUT2D eigenvalue weighted by atomic mass is 32.2. The van der Waals surface area contributed by atoms with E-state index in [9.17, 15) is 8.42 Å². The maximum atomic E-state index is 12.4. The Balaban J connectivity index is 2.06. The Bertz CT molecular complexity index is 545. The predicted molar refractivity (Wildman–Crippen MR) is 80.1 cm³/mol. The fourth-order valence-corrected chi connectivity index (χ4v) is 3.97. The second kappa shape index (κ2) is 6.54. The fraction of sp³-hybridized carbons (Fsp3) is 0.643. The van der Waals surface area contributed by atoms with Gasteiger partial charge in [0, 0.05) is 19.3 Å². The number of nitrogens with zero attached hydrogens (tertiary/aromatic N) is 1. The topological polar surface area (TPSA) is 71.1 Å². The fourth-order valence-electron chi connectivity index (χ4n) is 2.72. The SMILES string of the molecule is CCNc1ncccc1S(=O)(=O)NCC1CCC(C)C1. The molecule has 20 heavy (non-hydrogen) atoms. The molecule has 0 aliphatic heterocycles. The minimum absolute atomic E-state index is 0.230. The molecule has 1 fully saturated rings. The molecule has 6 heteroatoms. The van der Waals surface area contributed by atoms with E-state index >= 15 is 0 Å². The monoisotopic (exact) mass is 297 g/mol. The van der Waals surface area contributed by atoms with Gasteiger partial charge in [0.15, 0.2) is 0 Å². The van der Waals surface area contributed by atoms with E-state index in [1.807, 2.05) is 6.92 Å². The normalized spacial score (nSPS) is 22.9. The molecule has 0 amide bonds. The molecule has 1 saturated carbocycles. The molecule has 0 aromatic carbocycles. The summed E-state index contributed by atoms with van der Waals surface area (Å²) < 4.78 is 27.5. The summed E-state index contributed by atoms with van der Waals surface area (Å²) in [6.07, 6.45) is 5.00. The van der Waals surface area contributed by atoms with Crippen molar-refractivity contribution < 1.29 is 8.42 Å². The largest absolute Gasteiger partial charge is 0.369 e. The molecule has 0 radical (unpaired) electrons. The summed E-state index contributed by atoms with van der Waals surface area (Å²) in [6.45, 7) is 5.30. The molecule has 1 aliphatic rings. The van der Waals surface area contributed by atoms with Gasteiger partial charge in [0.25, 0.3) is 0 Å². The Morgan fingerprint density at radius 3 is 2.85 bits per heavy atom. The summed E-state index contributed by atoms with van der Waals surface area (Å²) in [7, 11) is -3.49. The van der Waals surface area contributed by atoms with Crippen molar-refractivity contribution in [2.75, 3.05) is 18.4 Å². The molecule has 1 aromatic heterocycles. The van der Waals surface area contributed by atoms with Crippen molar-refractivity contribution in [3.8, 4) is 0 Å². The van der Waals surface area contributed by atoms with Crippen LogP contribution in [0.5, 0.6) is 0 Å². The number of nitrogens with one attached hydrogen (secondary N) is 2. The summed E-state index contributed by atoms with van der Waals surface area (Å²) >= 11 is 0. The van der Waals surface area contributed by atoms with Crippen LogP contribution in [0, 0.1) is 11.8 Å². The molecular weight excluding hydrogens is 274 g/mol. The Morgan fingerprint density at radius 2 is 2.20 bits per heavy atom. The van der Waals surface area contributed by atoms with E-state index < -0.39 is 10.0 Å². The van der Waals surface area contributed by atoms with E-state index in [4.69, 9.17) is 0 Å². The van der Waals surface area contributed by atoms with Gasteiger partial charge in [-0.3, -0.25) is 0 Å². The molecule has 1 aliphatic carbocycles. The van der Waals surface area contributed by atoms with Gasteiger partial charge < -0.3 is 5.32 Å². The maximum absolute atomic E-state index is 12.4. The number of anilines is 1. The van der Waals surface area contributed by atoms with Gasteiger partial charge >= 0.3 is 0 Å². The summed E-state index contributed by atoms with van der Waals surface area (Å²) in [6, 6.07) is 3.23. The van der Waals surface area contributed by atoms with E-state index in [1.165, 1.54) is 6.42 Å². The molecule has 0 bridgehead atoms. The van der Waals surface area contributed by atoms with Crippen LogP contribution in [0.1, 0.15) is 33.1 Å². The van der Waals surface area contributed by atoms with Gasteiger partial charge in [-0.05, 0) is 43.7 Å². The average Bonchev–Trinajstić information content (AvgIpc) is 2.83. The predicted octanol–water partition coefficient (Wildman–Crippen LogP) is 2.23. The van der Waals surface area contributed by atoms with Crippen LogP contribution in [-0.2, 0) is 10.0 Å². The lowest BCUT2D eigenvalue weighted by Gasteiger charge is -2.14. The van der Waals surface area contributed by atoms with E-state index in [-0.39, 0.29) is 4.90 Å². The van der Waals surface area contributed by atoms with Crippen molar-refractivity contribution in [2.24, 2.45) is 11.8 Å². The summed E-state index contributed by atoms with van der Waals surface area (Å²) in [5.74, 6) is 1.58. The van der Waals surface area contributed by atoms with Crippen LogP contribution in [-0.4, -0.2) is 26.5 Å². The van der Waals surface area contributed by atoms with Crippen LogP contribution >= 0.6 is 0 Å². The molecule has 5 nitrogen and oxygen atoms in total. The number of sulfonamides is 1. The van der Waals surface area contributed by atoms with Crippen molar-refractivity contribution in [1.82, 2.24) is 9.71 Å². The summed E-state index contributed by atoms with van der Waals surface area (Å²) in [5.41, 5.74) is 0. The smallest absolute Gasteiger partial charge is 0.244 e. The third kappa shape index (κ3) is 3.70. The second-order valence-corrected chi connectivity index (χ2v) is 7.25. The first-order chi connectivity index (χ1) is 9.53. The first-order valence-corrected chi connectivity index (χ1v) is 8.69. The Kier molecular flexibility index (Phi) is 4.99. The van der Waals surface area contributed by atoms with Gasteiger partial charge in [0.1, 0.15) is 10.7 Å². The van der Waals surface area contributed by atoms with Crippen LogP contribution < -0.4 is 10.0 Å². The second-order valence-electron chi connectivity index (χ2n) is 5.52. The van der Waals surface area contributed by atoms with Crippen molar-refractivity contribution in [3.05, 3.63) is 18.3 Å². The third-order valence-corrected chi connectivity index (χ3v) is 5.23. The highest BCUT2D eigenvalue weighted by Gasteiger charge is 2.25. The summed E-state index contributed by atoms with van der Waals surface area (Å²) in [4.78, 5) is 4.33. The molecule has 0 saturated heterocycles. The van der Waals surface area contributed by atoms with E-state index in [1.54, 1.807) is 18.3 Å². The molecule has 2 atom stereocenters. The Morgan fingerprint density at radius 1 is 1.40 bits per heavy atom. The minimum atomic E-state index is -3.49. The van der Waals surface area contributed by atoms with Crippen molar-refractivity contribution in [2.45, 2.75) is 38.0 Å². The van der Waals surface area contributed by atoms with Gasteiger partial charge in [0.2, 0.25) is 10.0 Å². The molecule has 112 valence electrons. The number of pyridine rings is 1. The highest BCUT2D eigenvalue weighted by molar-refractivity contribution is 7.89. The maximum Gasteiger partial charge on any atom is 0.244 e. The highest BCUT2D eigenvalue weighted by Crippen LogP contribution is 2.30. The number of rotatable bonds is 6. The van der Waals surface area contributed by atoms with Gasteiger partial charge in [-0.15, -0.1) is 0 Å².